The maximum atomic E-state index is 12.4. The van der Waals surface area contributed by atoms with Crippen molar-refractivity contribution >= 4 is 5.91 Å². The van der Waals surface area contributed by atoms with Crippen molar-refractivity contribution in [3.63, 3.8) is 0 Å². The third-order valence-corrected chi connectivity index (χ3v) is 4.77. The van der Waals surface area contributed by atoms with Crippen LogP contribution in [0.2, 0.25) is 0 Å². The molecule has 1 unspecified atom stereocenters. The minimum absolute atomic E-state index is 0.122. The Morgan fingerprint density at radius 1 is 1.40 bits per heavy atom. The van der Waals surface area contributed by atoms with E-state index in [4.69, 9.17) is 0 Å². The standard InChI is InChI=1S/C15H24N4O/c1-10(11-5-3-2-4-6-11)19-15(20)13-7-12-14(8-16-13)18-9-17-12/h9-11,13,16H,2-8H2,1H3,(H,17,18)(H,19,20)/t10-,13?/m1/s1. The third-order valence-electron chi connectivity index (χ3n) is 4.77. The van der Waals surface area contributed by atoms with Gasteiger partial charge in [0.25, 0.3) is 0 Å². The topological polar surface area (TPSA) is 69.8 Å². The summed E-state index contributed by atoms with van der Waals surface area (Å²) in [7, 11) is 0. The number of nitrogens with zero attached hydrogens (tertiary/aromatic N) is 1. The number of nitrogens with one attached hydrogen (secondary N) is 3. The molecule has 3 N–H and O–H groups in total. The zero-order chi connectivity index (χ0) is 13.9. The molecule has 0 saturated heterocycles. The zero-order valence-corrected chi connectivity index (χ0v) is 12.1. The summed E-state index contributed by atoms with van der Waals surface area (Å²) < 4.78 is 0. The molecule has 110 valence electrons. The Labute approximate surface area is 119 Å². The molecule has 1 saturated carbocycles. The first-order chi connectivity index (χ1) is 9.74. The van der Waals surface area contributed by atoms with Crippen LogP contribution in [0.5, 0.6) is 0 Å². The maximum Gasteiger partial charge on any atom is 0.237 e. The van der Waals surface area contributed by atoms with Gasteiger partial charge in [0.05, 0.1) is 23.8 Å². The molecule has 0 spiro atoms. The van der Waals surface area contributed by atoms with Gasteiger partial charge < -0.3 is 10.3 Å². The maximum absolute atomic E-state index is 12.4. The number of amides is 1. The van der Waals surface area contributed by atoms with Gasteiger partial charge in [-0.15, -0.1) is 0 Å². The molecule has 1 fully saturated rings. The van der Waals surface area contributed by atoms with Crippen LogP contribution >= 0.6 is 0 Å². The SMILES string of the molecule is C[C@@H](NC(=O)C1Cc2nc[nH]c2CN1)C1CCCCC1. The van der Waals surface area contributed by atoms with Crippen molar-refractivity contribution in [3.05, 3.63) is 17.7 Å². The summed E-state index contributed by atoms with van der Waals surface area (Å²) in [6, 6.07) is 0.141. The van der Waals surface area contributed by atoms with Crippen molar-refractivity contribution in [1.29, 1.82) is 0 Å². The van der Waals surface area contributed by atoms with E-state index in [0.29, 0.717) is 18.9 Å². The number of rotatable bonds is 3. The van der Waals surface area contributed by atoms with E-state index in [2.05, 4.69) is 27.5 Å². The highest BCUT2D eigenvalue weighted by Crippen LogP contribution is 2.26. The van der Waals surface area contributed by atoms with Gasteiger partial charge in [0.1, 0.15) is 0 Å². The highest BCUT2D eigenvalue weighted by molar-refractivity contribution is 5.82. The number of H-pyrrole nitrogens is 1. The predicted octanol–water partition coefficient (Wildman–Crippen LogP) is 1.51. The first kappa shape index (κ1) is 13.6. The normalized spacial score (nSPS) is 24.9. The number of hydrogen-bond donors (Lipinski definition) is 3. The molecular formula is C15H24N4O. The first-order valence-electron chi connectivity index (χ1n) is 7.79. The molecule has 5 nitrogen and oxygen atoms in total. The van der Waals surface area contributed by atoms with Gasteiger partial charge in [0, 0.05) is 19.0 Å². The number of aromatic nitrogens is 2. The highest BCUT2D eigenvalue weighted by atomic mass is 16.2. The second-order valence-electron chi connectivity index (χ2n) is 6.16. The van der Waals surface area contributed by atoms with Gasteiger partial charge in [-0.3, -0.25) is 10.1 Å². The van der Waals surface area contributed by atoms with Crippen molar-refractivity contribution in [2.24, 2.45) is 5.92 Å². The fraction of sp³-hybridized carbons (Fsp3) is 0.733. The minimum Gasteiger partial charge on any atom is -0.352 e. The number of carbonyl (C=O) groups is 1. The van der Waals surface area contributed by atoms with Crippen LogP contribution < -0.4 is 10.6 Å². The van der Waals surface area contributed by atoms with Gasteiger partial charge in [-0.25, -0.2) is 4.98 Å². The molecule has 0 bridgehead atoms. The zero-order valence-electron chi connectivity index (χ0n) is 12.1. The van der Waals surface area contributed by atoms with Crippen LogP contribution in [0.25, 0.3) is 0 Å². The Balaban J connectivity index is 1.54. The quantitative estimate of drug-likeness (QED) is 0.784. The molecule has 1 amide bonds. The molecule has 1 aromatic heterocycles. The van der Waals surface area contributed by atoms with Crippen molar-refractivity contribution in [2.75, 3.05) is 0 Å². The summed E-state index contributed by atoms with van der Waals surface area (Å²) in [5.74, 6) is 0.772. The van der Waals surface area contributed by atoms with E-state index < -0.39 is 0 Å². The van der Waals surface area contributed by atoms with Crippen LogP contribution in [-0.4, -0.2) is 28.0 Å². The van der Waals surface area contributed by atoms with Crippen molar-refractivity contribution in [2.45, 2.75) is 64.1 Å². The lowest BCUT2D eigenvalue weighted by molar-refractivity contribution is -0.124. The third kappa shape index (κ3) is 2.87. The number of imidazole rings is 1. The molecule has 0 aromatic carbocycles. The van der Waals surface area contributed by atoms with Gasteiger partial charge >= 0.3 is 0 Å². The second kappa shape index (κ2) is 5.95. The Kier molecular flexibility index (Phi) is 4.05. The number of aromatic amines is 1. The lowest BCUT2D eigenvalue weighted by Gasteiger charge is -2.30. The fourth-order valence-corrected chi connectivity index (χ4v) is 3.43. The molecular weight excluding hydrogens is 252 g/mol. The molecule has 1 aromatic rings. The van der Waals surface area contributed by atoms with Crippen LogP contribution in [0.3, 0.4) is 0 Å². The van der Waals surface area contributed by atoms with Crippen molar-refractivity contribution in [1.82, 2.24) is 20.6 Å². The first-order valence-corrected chi connectivity index (χ1v) is 7.79. The van der Waals surface area contributed by atoms with Crippen molar-refractivity contribution < 1.29 is 4.79 Å². The Morgan fingerprint density at radius 3 is 3.00 bits per heavy atom. The monoisotopic (exact) mass is 276 g/mol. The van der Waals surface area contributed by atoms with E-state index >= 15 is 0 Å². The molecule has 1 aliphatic carbocycles. The number of hydrogen-bond acceptors (Lipinski definition) is 3. The summed E-state index contributed by atoms with van der Waals surface area (Å²) in [5.41, 5.74) is 2.13. The molecule has 2 heterocycles. The Hall–Kier alpha value is -1.36. The summed E-state index contributed by atoms with van der Waals surface area (Å²) in [6.07, 6.45) is 8.86. The van der Waals surface area contributed by atoms with Gasteiger partial charge in [-0.1, -0.05) is 19.3 Å². The van der Waals surface area contributed by atoms with E-state index in [0.717, 1.165) is 11.4 Å². The second-order valence-corrected chi connectivity index (χ2v) is 6.16. The van der Waals surface area contributed by atoms with Crippen LogP contribution in [0.15, 0.2) is 6.33 Å². The summed E-state index contributed by atoms with van der Waals surface area (Å²) >= 11 is 0. The Bertz CT molecular complexity index is 464. The predicted molar refractivity (Wildman–Crippen MR) is 77.1 cm³/mol. The summed E-state index contributed by atoms with van der Waals surface area (Å²) in [4.78, 5) is 19.8. The summed E-state index contributed by atoms with van der Waals surface area (Å²) in [6.45, 7) is 2.85. The molecule has 20 heavy (non-hydrogen) atoms. The lowest BCUT2D eigenvalue weighted by Crippen LogP contribution is -2.51. The minimum atomic E-state index is -0.142. The fourth-order valence-electron chi connectivity index (χ4n) is 3.43. The average molecular weight is 276 g/mol. The largest absolute Gasteiger partial charge is 0.352 e. The number of carbonyl (C=O) groups excluding carboxylic acids is 1. The average Bonchev–Trinajstić information content (AvgIpc) is 2.95. The molecule has 2 atom stereocenters. The Morgan fingerprint density at radius 2 is 2.20 bits per heavy atom. The molecule has 5 heteroatoms. The van der Waals surface area contributed by atoms with Crippen LogP contribution in [-0.2, 0) is 17.8 Å². The van der Waals surface area contributed by atoms with Crippen LogP contribution in [0, 0.1) is 5.92 Å². The van der Waals surface area contributed by atoms with E-state index in [9.17, 15) is 4.79 Å². The smallest absolute Gasteiger partial charge is 0.237 e. The lowest BCUT2D eigenvalue weighted by atomic mass is 9.84. The van der Waals surface area contributed by atoms with E-state index in [1.807, 2.05) is 0 Å². The van der Waals surface area contributed by atoms with Crippen molar-refractivity contribution in [3.8, 4) is 0 Å². The van der Waals surface area contributed by atoms with Gasteiger partial charge in [0.15, 0.2) is 0 Å². The highest BCUT2D eigenvalue weighted by Gasteiger charge is 2.28. The molecule has 2 aliphatic rings. The van der Waals surface area contributed by atoms with Gasteiger partial charge in [0.2, 0.25) is 5.91 Å². The summed E-state index contributed by atoms with van der Waals surface area (Å²) in [5, 5.41) is 6.49. The molecule has 3 rings (SSSR count). The van der Waals surface area contributed by atoms with E-state index in [1.54, 1.807) is 6.33 Å². The van der Waals surface area contributed by atoms with E-state index in [-0.39, 0.29) is 18.0 Å². The van der Waals surface area contributed by atoms with Crippen LogP contribution in [0.4, 0.5) is 0 Å². The van der Waals surface area contributed by atoms with Crippen LogP contribution in [0.1, 0.15) is 50.4 Å². The van der Waals surface area contributed by atoms with E-state index in [1.165, 1.54) is 32.1 Å². The molecule has 0 radical (unpaired) electrons. The molecule has 1 aliphatic heterocycles. The van der Waals surface area contributed by atoms with Gasteiger partial charge in [-0.05, 0) is 25.7 Å². The van der Waals surface area contributed by atoms with Gasteiger partial charge in [-0.2, -0.15) is 0 Å². The number of fused-ring (bicyclic) bond motifs is 1.